The van der Waals surface area contributed by atoms with Crippen molar-refractivity contribution in [1.82, 2.24) is 9.97 Å². The summed E-state index contributed by atoms with van der Waals surface area (Å²) in [6.07, 6.45) is 4.23. The molecule has 2 heterocycles. The van der Waals surface area contributed by atoms with Gasteiger partial charge in [0.15, 0.2) is 0 Å². The Balaban J connectivity index is 2.05. The summed E-state index contributed by atoms with van der Waals surface area (Å²) >= 11 is 1.63. The smallest absolute Gasteiger partial charge is 0.259 e. The van der Waals surface area contributed by atoms with Gasteiger partial charge in [0.2, 0.25) is 0 Å². The lowest BCUT2D eigenvalue weighted by molar-refractivity contribution is 0.00194. The van der Waals surface area contributed by atoms with Crippen LogP contribution in [-0.4, -0.2) is 37.4 Å². The fourth-order valence-corrected chi connectivity index (χ4v) is 4.53. The highest BCUT2D eigenvalue weighted by Crippen LogP contribution is 2.41. The standard InChI is InChI=1S/C14H18N2O3S/c1-18-6-14(7-19-2)4-3-9-10(5-14)20-13-11(9)12(17)15-8-16-13/h8H,3-7H2,1-2H3,(H,15,16,17). The highest BCUT2D eigenvalue weighted by atomic mass is 32.1. The first-order chi connectivity index (χ1) is 9.69. The molecule has 0 aromatic carbocycles. The van der Waals surface area contributed by atoms with Crippen molar-refractivity contribution in [2.24, 2.45) is 5.41 Å². The van der Waals surface area contributed by atoms with Crippen molar-refractivity contribution in [3.05, 3.63) is 27.1 Å². The van der Waals surface area contributed by atoms with Gasteiger partial charge in [-0.05, 0) is 24.8 Å². The Hall–Kier alpha value is -1.24. The fourth-order valence-electron chi connectivity index (χ4n) is 3.17. The number of hydrogen-bond acceptors (Lipinski definition) is 5. The van der Waals surface area contributed by atoms with Gasteiger partial charge in [-0.3, -0.25) is 4.79 Å². The summed E-state index contributed by atoms with van der Waals surface area (Å²) in [6, 6.07) is 0. The van der Waals surface area contributed by atoms with Crippen LogP contribution in [0.15, 0.2) is 11.1 Å². The van der Waals surface area contributed by atoms with Gasteiger partial charge in [-0.15, -0.1) is 11.3 Å². The van der Waals surface area contributed by atoms with Gasteiger partial charge in [0.25, 0.3) is 5.56 Å². The lowest BCUT2D eigenvalue weighted by Gasteiger charge is -2.35. The van der Waals surface area contributed by atoms with Crippen LogP contribution < -0.4 is 5.56 Å². The summed E-state index contributed by atoms with van der Waals surface area (Å²) in [5.74, 6) is 0. The number of nitrogens with zero attached hydrogens (tertiary/aromatic N) is 1. The Bertz CT molecular complexity index is 671. The average Bonchev–Trinajstić information content (AvgIpc) is 2.77. The summed E-state index contributed by atoms with van der Waals surface area (Å²) in [5, 5.41) is 0.774. The largest absolute Gasteiger partial charge is 0.384 e. The number of rotatable bonds is 4. The van der Waals surface area contributed by atoms with Crippen LogP contribution in [0.3, 0.4) is 0 Å². The van der Waals surface area contributed by atoms with Crippen LogP contribution in [0.1, 0.15) is 16.9 Å². The van der Waals surface area contributed by atoms with E-state index in [0.29, 0.717) is 13.2 Å². The second kappa shape index (κ2) is 5.27. The molecule has 5 nitrogen and oxygen atoms in total. The summed E-state index contributed by atoms with van der Waals surface area (Å²) in [6.45, 7) is 1.36. The first-order valence-corrected chi connectivity index (χ1v) is 7.46. The molecule has 0 spiro atoms. The number of ether oxygens (including phenoxy) is 2. The monoisotopic (exact) mass is 294 g/mol. The molecule has 3 rings (SSSR count). The van der Waals surface area contributed by atoms with Crippen molar-refractivity contribution in [1.29, 1.82) is 0 Å². The van der Waals surface area contributed by atoms with Crippen LogP contribution in [0, 0.1) is 5.41 Å². The number of fused-ring (bicyclic) bond motifs is 3. The molecule has 6 heteroatoms. The zero-order valence-electron chi connectivity index (χ0n) is 11.7. The molecule has 0 atom stereocenters. The third kappa shape index (κ3) is 2.17. The Morgan fingerprint density at radius 2 is 2.15 bits per heavy atom. The number of aromatic amines is 1. The molecule has 1 N–H and O–H groups in total. The minimum Gasteiger partial charge on any atom is -0.384 e. The van der Waals surface area contributed by atoms with E-state index in [1.54, 1.807) is 25.6 Å². The van der Waals surface area contributed by atoms with Crippen molar-refractivity contribution in [3.63, 3.8) is 0 Å². The summed E-state index contributed by atoms with van der Waals surface area (Å²) in [7, 11) is 3.45. The maximum Gasteiger partial charge on any atom is 0.259 e. The van der Waals surface area contributed by atoms with Gasteiger partial charge in [-0.2, -0.15) is 0 Å². The third-order valence-electron chi connectivity index (χ3n) is 4.02. The van der Waals surface area contributed by atoms with E-state index >= 15 is 0 Å². The predicted octanol–water partition coefficient (Wildman–Crippen LogP) is 1.75. The number of H-pyrrole nitrogens is 1. The van der Waals surface area contributed by atoms with E-state index in [0.717, 1.165) is 29.5 Å². The fraction of sp³-hybridized carbons (Fsp3) is 0.571. The maximum atomic E-state index is 12.0. The van der Waals surface area contributed by atoms with Crippen molar-refractivity contribution in [2.45, 2.75) is 19.3 Å². The van der Waals surface area contributed by atoms with Crippen LogP contribution in [0.25, 0.3) is 10.2 Å². The summed E-state index contributed by atoms with van der Waals surface area (Å²) in [4.78, 5) is 21.0. The number of nitrogens with one attached hydrogen (secondary N) is 1. The van der Waals surface area contributed by atoms with Gasteiger partial charge >= 0.3 is 0 Å². The van der Waals surface area contributed by atoms with Crippen molar-refractivity contribution in [2.75, 3.05) is 27.4 Å². The van der Waals surface area contributed by atoms with Gasteiger partial charge < -0.3 is 14.5 Å². The van der Waals surface area contributed by atoms with Crippen molar-refractivity contribution >= 4 is 21.6 Å². The molecule has 2 aromatic heterocycles. The number of aryl methyl sites for hydroxylation is 1. The maximum absolute atomic E-state index is 12.0. The van der Waals surface area contributed by atoms with Gasteiger partial charge in [-0.25, -0.2) is 4.98 Å². The zero-order valence-corrected chi connectivity index (χ0v) is 12.5. The minimum absolute atomic E-state index is 0.0180. The van der Waals surface area contributed by atoms with E-state index in [1.165, 1.54) is 16.8 Å². The van der Waals surface area contributed by atoms with Crippen molar-refractivity contribution < 1.29 is 9.47 Å². The average molecular weight is 294 g/mol. The Morgan fingerprint density at radius 3 is 2.85 bits per heavy atom. The molecule has 2 aromatic rings. The summed E-state index contributed by atoms with van der Waals surface area (Å²) in [5.41, 5.74) is 1.16. The molecule has 108 valence electrons. The van der Waals surface area contributed by atoms with E-state index in [9.17, 15) is 4.79 Å². The molecule has 0 unspecified atom stereocenters. The normalized spacial score (nSPS) is 17.3. The van der Waals surface area contributed by atoms with Gasteiger partial charge in [0.05, 0.1) is 24.9 Å². The second-order valence-electron chi connectivity index (χ2n) is 5.46. The molecule has 0 fully saturated rings. The van der Waals surface area contributed by atoms with E-state index in [1.807, 2.05) is 0 Å². The van der Waals surface area contributed by atoms with E-state index < -0.39 is 0 Å². The Labute approximate surface area is 120 Å². The highest BCUT2D eigenvalue weighted by molar-refractivity contribution is 7.18. The van der Waals surface area contributed by atoms with Crippen LogP contribution in [0.5, 0.6) is 0 Å². The molecule has 20 heavy (non-hydrogen) atoms. The van der Waals surface area contributed by atoms with Crippen LogP contribution >= 0.6 is 11.3 Å². The molecule has 0 aliphatic heterocycles. The highest BCUT2D eigenvalue weighted by Gasteiger charge is 2.37. The van der Waals surface area contributed by atoms with Gasteiger partial charge in [0, 0.05) is 24.5 Å². The third-order valence-corrected chi connectivity index (χ3v) is 5.16. The first-order valence-electron chi connectivity index (χ1n) is 6.65. The molecule has 0 bridgehead atoms. The number of hydrogen-bond donors (Lipinski definition) is 1. The predicted molar refractivity (Wildman–Crippen MR) is 78.5 cm³/mol. The molecular weight excluding hydrogens is 276 g/mol. The van der Waals surface area contributed by atoms with E-state index in [-0.39, 0.29) is 11.0 Å². The number of methoxy groups -OCH3 is 2. The Morgan fingerprint density at radius 1 is 1.40 bits per heavy atom. The van der Waals surface area contributed by atoms with Crippen LogP contribution in [-0.2, 0) is 22.3 Å². The summed E-state index contributed by atoms with van der Waals surface area (Å²) < 4.78 is 10.8. The first kappa shape index (κ1) is 13.7. The lowest BCUT2D eigenvalue weighted by atomic mass is 9.75. The minimum atomic E-state index is -0.0292. The second-order valence-corrected chi connectivity index (χ2v) is 6.54. The van der Waals surface area contributed by atoms with Crippen molar-refractivity contribution in [3.8, 4) is 0 Å². The quantitative estimate of drug-likeness (QED) is 0.933. The van der Waals surface area contributed by atoms with Gasteiger partial charge in [-0.1, -0.05) is 0 Å². The number of aromatic nitrogens is 2. The molecule has 0 amide bonds. The molecule has 0 saturated heterocycles. The zero-order chi connectivity index (χ0) is 14.2. The van der Waals surface area contributed by atoms with Gasteiger partial charge in [0.1, 0.15) is 4.83 Å². The SMILES string of the molecule is COCC1(COC)CCc2c(sc3nc[nH]c(=O)c23)C1. The van der Waals surface area contributed by atoms with E-state index in [2.05, 4.69) is 9.97 Å². The Kier molecular flexibility index (Phi) is 3.62. The molecule has 1 aliphatic rings. The molecule has 0 radical (unpaired) electrons. The van der Waals surface area contributed by atoms with Crippen LogP contribution in [0.4, 0.5) is 0 Å². The number of thiophene rings is 1. The lowest BCUT2D eigenvalue weighted by Crippen LogP contribution is -2.37. The van der Waals surface area contributed by atoms with Crippen LogP contribution in [0.2, 0.25) is 0 Å². The van der Waals surface area contributed by atoms with E-state index in [4.69, 9.17) is 9.47 Å². The molecule has 0 saturated carbocycles. The molecule has 1 aliphatic carbocycles. The topological polar surface area (TPSA) is 64.2 Å². The molecular formula is C14H18N2O3S.